The summed E-state index contributed by atoms with van der Waals surface area (Å²) in [6, 6.07) is 29.4. The highest BCUT2D eigenvalue weighted by Gasteiger charge is 2.09. The first kappa shape index (κ1) is 18.1. The molecule has 0 fully saturated rings. The molecule has 0 spiro atoms. The van der Waals surface area contributed by atoms with Crippen molar-refractivity contribution in [1.29, 1.82) is 0 Å². The average molecular weight is 397 g/mol. The Morgan fingerprint density at radius 1 is 0.483 bits per heavy atom. The quantitative estimate of drug-likeness (QED) is 0.370. The fraction of sp³-hybridized carbons (Fsp3) is 0.0769. The molecule has 2 nitrogen and oxygen atoms in total. The smallest absolute Gasteiger partial charge is 0.0681 e. The number of hydrogen-bond acceptors (Lipinski definition) is 3. The Hall–Kier alpha value is -2.98. The van der Waals surface area contributed by atoms with E-state index in [1.807, 2.05) is 35.6 Å². The molecule has 5 aromatic rings. The lowest BCUT2D eigenvalue weighted by Gasteiger charge is -2.05. The van der Waals surface area contributed by atoms with E-state index in [4.69, 9.17) is 0 Å². The third-order valence-electron chi connectivity index (χ3n) is 5.41. The predicted octanol–water partition coefficient (Wildman–Crippen LogP) is 6.37. The monoisotopic (exact) mass is 396 g/mol. The number of aliphatic hydroxyl groups excluding tert-OH is 2. The number of fused-ring (bicyclic) bond motifs is 3. The van der Waals surface area contributed by atoms with Gasteiger partial charge in [-0.25, -0.2) is 0 Å². The van der Waals surface area contributed by atoms with Gasteiger partial charge in [0.15, 0.2) is 0 Å². The maximum Gasteiger partial charge on any atom is 0.0681 e. The van der Waals surface area contributed by atoms with E-state index in [0.717, 1.165) is 22.3 Å². The van der Waals surface area contributed by atoms with Crippen LogP contribution < -0.4 is 0 Å². The van der Waals surface area contributed by atoms with E-state index in [1.165, 1.54) is 31.3 Å². The second-order valence-electron chi connectivity index (χ2n) is 7.23. The van der Waals surface area contributed by atoms with Crippen molar-refractivity contribution in [3.63, 3.8) is 0 Å². The van der Waals surface area contributed by atoms with Crippen LogP contribution in [0.3, 0.4) is 0 Å². The third-order valence-corrected chi connectivity index (χ3v) is 6.56. The molecule has 0 saturated carbocycles. The van der Waals surface area contributed by atoms with Gasteiger partial charge in [-0.3, -0.25) is 0 Å². The van der Waals surface area contributed by atoms with Gasteiger partial charge in [0.2, 0.25) is 0 Å². The van der Waals surface area contributed by atoms with Gasteiger partial charge in [0.25, 0.3) is 0 Å². The van der Waals surface area contributed by atoms with E-state index in [0.29, 0.717) is 0 Å². The summed E-state index contributed by atoms with van der Waals surface area (Å²) >= 11 is 1.82. The Morgan fingerprint density at radius 3 is 1.24 bits per heavy atom. The van der Waals surface area contributed by atoms with E-state index in [1.54, 1.807) is 0 Å². The molecule has 0 atom stereocenters. The van der Waals surface area contributed by atoms with Crippen molar-refractivity contribution in [2.75, 3.05) is 0 Å². The Bertz CT molecular complexity index is 1200. The second kappa shape index (κ2) is 7.45. The lowest BCUT2D eigenvalue weighted by atomic mass is 9.99. The molecule has 0 bridgehead atoms. The van der Waals surface area contributed by atoms with Crippen LogP contribution in [0.1, 0.15) is 11.1 Å². The van der Waals surface area contributed by atoms with Crippen LogP contribution in [0, 0.1) is 0 Å². The average Bonchev–Trinajstić information content (AvgIpc) is 3.16. The van der Waals surface area contributed by atoms with E-state index in [9.17, 15) is 10.2 Å². The van der Waals surface area contributed by atoms with Crippen LogP contribution in [0.25, 0.3) is 42.4 Å². The normalized spacial score (nSPS) is 11.4. The molecule has 0 aliphatic rings. The first-order valence-corrected chi connectivity index (χ1v) is 10.4. The number of rotatable bonds is 4. The van der Waals surface area contributed by atoms with Gasteiger partial charge in [-0.05, 0) is 57.6 Å². The summed E-state index contributed by atoms with van der Waals surface area (Å²) in [4.78, 5) is 0. The van der Waals surface area contributed by atoms with Gasteiger partial charge in [-0.1, -0.05) is 60.7 Å². The number of benzene rings is 4. The van der Waals surface area contributed by atoms with Gasteiger partial charge < -0.3 is 10.2 Å². The molecule has 5 rings (SSSR count). The highest BCUT2D eigenvalue weighted by atomic mass is 32.1. The molecule has 1 heterocycles. The lowest BCUT2D eigenvalue weighted by Crippen LogP contribution is -1.84. The topological polar surface area (TPSA) is 40.5 Å². The van der Waals surface area contributed by atoms with E-state index in [-0.39, 0.29) is 13.2 Å². The molecule has 29 heavy (non-hydrogen) atoms. The minimum Gasteiger partial charge on any atom is -0.392 e. The van der Waals surface area contributed by atoms with Gasteiger partial charge in [-0.15, -0.1) is 11.3 Å². The Kier molecular flexibility index (Phi) is 4.64. The molecule has 2 N–H and O–H groups in total. The molecule has 0 saturated heterocycles. The number of thiophene rings is 1. The molecule has 1 aromatic heterocycles. The van der Waals surface area contributed by atoms with Crippen LogP contribution in [0.15, 0.2) is 84.9 Å². The van der Waals surface area contributed by atoms with Gasteiger partial charge in [-0.2, -0.15) is 0 Å². The van der Waals surface area contributed by atoms with Crippen LogP contribution in [0.4, 0.5) is 0 Å². The van der Waals surface area contributed by atoms with Crippen LogP contribution >= 0.6 is 11.3 Å². The number of aliphatic hydroxyl groups is 2. The summed E-state index contributed by atoms with van der Waals surface area (Å²) < 4.78 is 2.56. The van der Waals surface area contributed by atoms with Crippen LogP contribution in [0.2, 0.25) is 0 Å². The van der Waals surface area contributed by atoms with Crippen molar-refractivity contribution >= 4 is 31.5 Å². The van der Waals surface area contributed by atoms with E-state index < -0.39 is 0 Å². The van der Waals surface area contributed by atoms with Crippen molar-refractivity contribution < 1.29 is 10.2 Å². The summed E-state index contributed by atoms with van der Waals surface area (Å²) in [5, 5.41) is 21.1. The standard InChI is InChI=1S/C26H20O2S/c27-15-17-1-5-19(6-2-17)21-9-11-25-23(13-21)24-14-22(10-12-26(24)29-25)20-7-3-18(16-28)4-8-20/h1-14,27-28H,15-16H2. The highest BCUT2D eigenvalue weighted by molar-refractivity contribution is 7.25. The largest absolute Gasteiger partial charge is 0.392 e. The van der Waals surface area contributed by atoms with E-state index in [2.05, 4.69) is 60.7 Å². The fourth-order valence-electron chi connectivity index (χ4n) is 3.74. The van der Waals surface area contributed by atoms with Crippen molar-refractivity contribution in [3.8, 4) is 22.3 Å². The van der Waals surface area contributed by atoms with Gasteiger partial charge in [0, 0.05) is 20.2 Å². The van der Waals surface area contributed by atoms with Crippen molar-refractivity contribution in [3.05, 3.63) is 96.1 Å². The second-order valence-corrected chi connectivity index (χ2v) is 8.32. The van der Waals surface area contributed by atoms with E-state index >= 15 is 0 Å². The van der Waals surface area contributed by atoms with Crippen LogP contribution in [-0.2, 0) is 13.2 Å². The lowest BCUT2D eigenvalue weighted by molar-refractivity contribution is 0.281. The zero-order valence-electron chi connectivity index (χ0n) is 15.8. The van der Waals surface area contributed by atoms with Crippen molar-refractivity contribution in [2.45, 2.75) is 13.2 Å². The minimum absolute atomic E-state index is 0.0660. The zero-order chi connectivity index (χ0) is 19.8. The van der Waals surface area contributed by atoms with Crippen LogP contribution in [0.5, 0.6) is 0 Å². The van der Waals surface area contributed by atoms with Gasteiger partial charge in [0.1, 0.15) is 0 Å². The van der Waals surface area contributed by atoms with Gasteiger partial charge in [0.05, 0.1) is 13.2 Å². The molecule has 0 aliphatic heterocycles. The zero-order valence-corrected chi connectivity index (χ0v) is 16.6. The van der Waals surface area contributed by atoms with Crippen molar-refractivity contribution in [1.82, 2.24) is 0 Å². The first-order chi connectivity index (χ1) is 14.2. The molecule has 4 aromatic carbocycles. The molecule has 0 unspecified atom stereocenters. The molecular weight excluding hydrogens is 376 g/mol. The van der Waals surface area contributed by atoms with Crippen LogP contribution in [-0.4, -0.2) is 10.2 Å². The molecule has 142 valence electrons. The highest BCUT2D eigenvalue weighted by Crippen LogP contribution is 2.38. The summed E-state index contributed by atoms with van der Waals surface area (Å²) in [6.07, 6.45) is 0. The molecular formula is C26H20O2S. The fourth-order valence-corrected chi connectivity index (χ4v) is 4.81. The third kappa shape index (κ3) is 3.34. The molecule has 0 radical (unpaired) electrons. The maximum atomic E-state index is 9.27. The maximum absolute atomic E-state index is 9.27. The predicted molar refractivity (Wildman–Crippen MR) is 122 cm³/mol. The molecule has 3 heteroatoms. The van der Waals surface area contributed by atoms with Gasteiger partial charge >= 0.3 is 0 Å². The first-order valence-electron chi connectivity index (χ1n) is 9.62. The summed E-state index contributed by atoms with van der Waals surface area (Å²) in [7, 11) is 0. The Labute approximate surface area is 173 Å². The summed E-state index contributed by atoms with van der Waals surface area (Å²) in [6.45, 7) is 0.132. The summed E-state index contributed by atoms with van der Waals surface area (Å²) in [5.41, 5.74) is 6.51. The minimum atomic E-state index is 0.0660. The molecule has 0 amide bonds. The Morgan fingerprint density at radius 2 is 0.862 bits per heavy atom. The SMILES string of the molecule is OCc1ccc(-c2ccc3sc4ccc(-c5ccc(CO)cc5)cc4c3c2)cc1. The number of hydrogen-bond donors (Lipinski definition) is 2. The Balaban J connectivity index is 1.62. The molecule has 0 aliphatic carbocycles. The summed E-state index contributed by atoms with van der Waals surface area (Å²) in [5.74, 6) is 0. The van der Waals surface area contributed by atoms with Crippen molar-refractivity contribution in [2.24, 2.45) is 0 Å².